The highest BCUT2D eigenvalue weighted by Gasteiger charge is 2.21. The van der Waals surface area contributed by atoms with Gasteiger partial charge < -0.3 is 14.2 Å². The Hall–Kier alpha value is -6.36. The van der Waals surface area contributed by atoms with Gasteiger partial charge in [0.25, 0.3) is 0 Å². The number of nitrogens with zero attached hydrogens (tertiary/aromatic N) is 2. The topological polar surface area (TPSA) is 19.6 Å². The summed E-state index contributed by atoms with van der Waals surface area (Å²) in [6, 6.07) is 64.8. The van der Waals surface area contributed by atoms with E-state index in [2.05, 4.69) is 192 Å². The zero-order valence-corrected chi connectivity index (χ0v) is 27.8. The van der Waals surface area contributed by atoms with Crippen molar-refractivity contribution in [3.05, 3.63) is 182 Å². The van der Waals surface area contributed by atoms with Crippen molar-refractivity contribution in [2.75, 3.05) is 9.80 Å². The van der Waals surface area contributed by atoms with Crippen LogP contribution in [0.25, 0.3) is 52.9 Å². The van der Waals surface area contributed by atoms with Crippen molar-refractivity contribution >= 4 is 98.3 Å². The zero-order chi connectivity index (χ0) is 33.0. The molecule has 0 fully saturated rings. The molecular weight excluding hydrogens is 629 g/mol. The van der Waals surface area contributed by atoms with E-state index in [1.54, 1.807) is 0 Å². The van der Waals surface area contributed by atoms with Crippen molar-refractivity contribution in [3.63, 3.8) is 0 Å². The molecule has 0 aliphatic carbocycles. The summed E-state index contributed by atoms with van der Waals surface area (Å²) >= 11 is 1.84. The fourth-order valence-corrected chi connectivity index (χ4v) is 8.56. The van der Waals surface area contributed by atoms with E-state index in [0.717, 1.165) is 56.1 Å². The molecular formula is C46H30N2OS. The van der Waals surface area contributed by atoms with Crippen molar-refractivity contribution in [2.45, 2.75) is 0 Å². The van der Waals surface area contributed by atoms with E-state index in [9.17, 15) is 0 Å². The van der Waals surface area contributed by atoms with E-state index in [1.165, 1.54) is 30.9 Å². The Morgan fingerprint density at radius 3 is 1.72 bits per heavy atom. The standard InChI is InChI=1S/C46H30N2OS/c1-4-14-32(15-5-1)47(33-16-6-2-7-17-33)36-24-26-38-44(30-36)50-43-22-12-21-40(46(38)43)48(34-18-8-3-9-19-34)35-25-28-41-39(29-35)45-37-20-11-10-13-31(37)23-27-42(45)49-41/h1-30H. The molecule has 2 heterocycles. The minimum Gasteiger partial charge on any atom is -0.456 e. The van der Waals surface area contributed by atoms with Crippen molar-refractivity contribution < 1.29 is 4.42 Å². The molecule has 10 rings (SSSR count). The van der Waals surface area contributed by atoms with Crippen LogP contribution in [0, 0.1) is 0 Å². The highest BCUT2D eigenvalue weighted by Crippen LogP contribution is 2.47. The van der Waals surface area contributed by atoms with Crippen LogP contribution in [0.4, 0.5) is 34.1 Å². The third kappa shape index (κ3) is 4.65. The van der Waals surface area contributed by atoms with E-state index < -0.39 is 0 Å². The Labute approximate surface area is 293 Å². The Morgan fingerprint density at radius 2 is 0.980 bits per heavy atom. The van der Waals surface area contributed by atoms with Crippen LogP contribution in [-0.4, -0.2) is 0 Å². The maximum Gasteiger partial charge on any atom is 0.136 e. The first-order valence-corrected chi connectivity index (χ1v) is 17.7. The number of thiophene rings is 1. The molecule has 236 valence electrons. The maximum absolute atomic E-state index is 6.40. The zero-order valence-electron chi connectivity index (χ0n) is 27.0. The summed E-state index contributed by atoms with van der Waals surface area (Å²) in [6.07, 6.45) is 0. The Morgan fingerprint density at radius 1 is 0.360 bits per heavy atom. The third-order valence-electron chi connectivity index (χ3n) is 9.60. The van der Waals surface area contributed by atoms with E-state index >= 15 is 0 Å². The molecule has 50 heavy (non-hydrogen) atoms. The number of para-hydroxylation sites is 3. The molecule has 0 aliphatic rings. The SMILES string of the molecule is c1ccc(N(c2ccccc2)c2ccc3c(c2)sc2cccc(N(c4ccccc4)c4ccc5oc6ccc7ccccc7c6c5c4)c23)cc1. The minimum atomic E-state index is 0.890. The summed E-state index contributed by atoms with van der Waals surface area (Å²) in [6.45, 7) is 0. The predicted molar refractivity (Wildman–Crippen MR) is 213 cm³/mol. The number of anilines is 6. The van der Waals surface area contributed by atoms with Crippen molar-refractivity contribution in [3.8, 4) is 0 Å². The van der Waals surface area contributed by atoms with Gasteiger partial charge in [-0.25, -0.2) is 0 Å². The van der Waals surface area contributed by atoms with Gasteiger partial charge in [0, 0.05) is 59.4 Å². The Bertz CT molecular complexity index is 2780. The summed E-state index contributed by atoms with van der Waals surface area (Å²) in [5, 5.41) is 7.17. The third-order valence-corrected chi connectivity index (χ3v) is 10.7. The summed E-state index contributed by atoms with van der Waals surface area (Å²) in [5.41, 5.74) is 8.52. The second kappa shape index (κ2) is 11.7. The molecule has 0 spiro atoms. The van der Waals surface area contributed by atoms with Gasteiger partial charge in [-0.05, 0) is 95.7 Å². The summed E-state index contributed by atoms with van der Waals surface area (Å²) in [5.74, 6) is 0. The molecule has 0 aliphatic heterocycles. The van der Waals surface area contributed by atoms with E-state index in [-0.39, 0.29) is 0 Å². The fraction of sp³-hybridized carbons (Fsp3) is 0. The molecule has 0 radical (unpaired) electrons. The number of hydrogen-bond acceptors (Lipinski definition) is 4. The second-order valence-electron chi connectivity index (χ2n) is 12.6. The van der Waals surface area contributed by atoms with Crippen LogP contribution in [0.2, 0.25) is 0 Å². The summed E-state index contributed by atoms with van der Waals surface area (Å²) < 4.78 is 8.90. The molecule has 0 N–H and O–H groups in total. The van der Waals surface area contributed by atoms with Gasteiger partial charge in [0.05, 0.1) is 5.69 Å². The van der Waals surface area contributed by atoms with Gasteiger partial charge in [-0.3, -0.25) is 0 Å². The average Bonchev–Trinajstić information content (AvgIpc) is 3.75. The average molecular weight is 659 g/mol. The molecule has 0 atom stereocenters. The lowest BCUT2D eigenvalue weighted by Gasteiger charge is -2.27. The molecule has 2 aromatic heterocycles. The van der Waals surface area contributed by atoms with Gasteiger partial charge >= 0.3 is 0 Å². The van der Waals surface area contributed by atoms with Crippen LogP contribution in [0.3, 0.4) is 0 Å². The van der Waals surface area contributed by atoms with E-state index in [0.29, 0.717) is 0 Å². The molecule has 0 unspecified atom stereocenters. The molecule has 0 saturated carbocycles. The number of hydrogen-bond donors (Lipinski definition) is 0. The minimum absolute atomic E-state index is 0.890. The summed E-state index contributed by atoms with van der Waals surface area (Å²) in [7, 11) is 0. The Balaban J connectivity index is 1.18. The first kappa shape index (κ1) is 28.6. The largest absolute Gasteiger partial charge is 0.456 e. The molecule has 4 heteroatoms. The molecule has 0 bridgehead atoms. The normalized spacial score (nSPS) is 11.6. The number of benzene rings is 8. The van der Waals surface area contributed by atoms with Crippen LogP contribution >= 0.6 is 11.3 Å². The van der Waals surface area contributed by atoms with Crippen molar-refractivity contribution in [1.82, 2.24) is 0 Å². The molecule has 10 aromatic rings. The van der Waals surface area contributed by atoms with Gasteiger partial charge in [-0.2, -0.15) is 0 Å². The van der Waals surface area contributed by atoms with Crippen molar-refractivity contribution in [1.29, 1.82) is 0 Å². The van der Waals surface area contributed by atoms with Crippen LogP contribution in [0.5, 0.6) is 0 Å². The van der Waals surface area contributed by atoms with E-state index in [1.807, 2.05) is 11.3 Å². The van der Waals surface area contributed by atoms with Crippen LogP contribution in [0.15, 0.2) is 186 Å². The molecule has 8 aromatic carbocycles. The molecule has 0 amide bonds. The van der Waals surface area contributed by atoms with Gasteiger partial charge in [-0.1, -0.05) is 97.1 Å². The summed E-state index contributed by atoms with van der Waals surface area (Å²) in [4.78, 5) is 4.72. The van der Waals surface area contributed by atoms with Crippen LogP contribution in [0.1, 0.15) is 0 Å². The lowest BCUT2D eigenvalue weighted by atomic mass is 10.0. The van der Waals surface area contributed by atoms with Gasteiger partial charge in [0.15, 0.2) is 0 Å². The number of fused-ring (bicyclic) bond motifs is 8. The van der Waals surface area contributed by atoms with E-state index in [4.69, 9.17) is 4.42 Å². The highest BCUT2D eigenvalue weighted by molar-refractivity contribution is 7.26. The first-order chi connectivity index (χ1) is 24.8. The smallest absolute Gasteiger partial charge is 0.136 e. The lowest BCUT2D eigenvalue weighted by molar-refractivity contribution is 0.669. The van der Waals surface area contributed by atoms with Crippen molar-refractivity contribution in [2.24, 2.45) is 0 Å². The lowest BCUT2D eigenvalue weighted by Crippen LogP contribution is -2.10. The highest BCUT2D eigenvalue weighted by atomic mass is 32.1. The van der Waals surface area contributed by atoms with Gasteiger partial charge in [0.2, 0.25) is 0 Å². The second-order valence-corrected chi connectivity index (χ2v) is 13.6. The molecule has 3 nitrogen and oxygen atoms in total. The first-order valence-electron chi connectivity index (χ1n) is 16.8. The monoisotopic (exact) mass is 658 g/mol. The molecule has 0 saturated heterocycles. The van der Waals surface area contributed by atoms with Crippen LogP contribution in [-0.2, 0) is 0 Å². The quantitative estimate of drug-likeness (QED) is 0.177. The predicted octanol–water partition coefficient (Wildman–Crippen LogP) is 14.0. The van der Waals surface area contributed by atoms with Crippen LogP contribution < -0.4 is 9.80 Å². The number of rotatable bonds is 6. The number of furan rings is 1. The maximum atomic E-state index is 6.40. The Kier molecular flexibility index (Phi) is 6.68. The van der Waals surface area contributed by atoms with Gasteiger partial charge in [-0.15, -0.1) is 11.3 Å². The fourth-order valence-electron chi connectivity index (χ4n) is 7.40. The van der Waals surface area contributed by atoms with Gasteiger partial charge in [0.1, 0.15) is 11.2 Å².